The molecule has 0 fully saturated rings. The summed E-state index contributed by atoms with van der Waals surface area (Å²) in [6.07, 6.45) is -2.32. The third kappa shape index (κ3) is 2.42. The van der Waals surface area contributed by atoms with Crippen LogP contribution in [0, 0.1) is 0 Å². The van der Waals surface area contributed by atoms with E-state index >= 15 is 0 Å². The van der Waals surface area contributed by atoms with Gasteiger partial charge in [0.15, 0.2) is 0 Å². The van der Waals surface area contributed by atoms with Gasteiger partial charge in [0.05, 0.1) is 0 Å². The van der Waals surface area contributed by atoms with Crippen LogP contribution in [0.1, 0.15) is 17.9 Å². The molecule has 1 unspecified atom stereocenters. The number of rotatable bonds is 4. The summed E-state index contributed by atoms with van der Waals surface area (Å²) in [5.41, 5.74) is 5.51. The molecule has 78 valence electrons. The molecule has 0 radical (unpaired) electrons. The fraction of sp³-hybridized carbons (Fsp3) is 0.400. The highest BCUT2D eigenvalue weighted by molar-refractivity contribution is 5.35. The van der Waals surface area contributed by atoms with Gasteiger partial charge in [0.2, 0.25) is 6.43 Å². The number of benzene rings is 1. The highest BCUT2D eigenvalue weighted by atomic mass is 19.3. The Labute approximate surface area is 81.4 Å². The standard InChI is InChI=1S/C10H13F2NO/c11-10(12)8(5-6-13)7-3-1-2-4-9(7)14/h1-4,8,10,14H,5-6,13H2. The molecule has 0 aliphatic rings. The zero-order chi connectivity index (χ0) is 10.6. The van der Waals surface area contributed by atoms with Crippen LogP contribution in [0.4, 0.5) is 8.78 Å². The Kier molecular flexibility index (Phi) is 3.83. The van der Waals surface area contributed by atoms with Crippen molar-refractivity contribution in [2.45, 2.75) is 18.8 Å². The second-order valence-electron chi connectivity index (χ2n) is 3.08. The van der Waals surface area contributed by atoms with Crippen molar-refractivity contribution in [2.24, 2.45) is 5.73 Å². The number of hydrogen-bond donors (Lipinski definition) is 2. The van der Waals surface area contributed by atoms with E-state index < -0.39 is 12.3 Å². The van der Waals surface area contributed by atoms with Gasteiger partial charge in [-0.2, -0.15) is 0 Å². The van der Waals surface area contributed by atoms with Crippen LogP contribution in [0.25, 0.3) is 0 Å². The first kappa shape index (κ1) is 10.9. The van der Waals surface area contributed by atoms with Crippen LogP contribution >= 0.6 is 0 Å². The number of alkyl halides is 2. The minimum absolute atomic E-state index is 0.0914. The third-order valence-corrected chi connectivity index (χ3v) is 2.12. The van der Waals surface area contributed by atoms with Crippen molar-refractivity contribution in [3.63, 3.8) is 0 Å². The molecule has 0 spiro atoms. The minimum atomic E-state index is -2.49. The predicted octanol–water partition coefficient (Wildman–Crippen LogP) is 2.09. The summed E-state index contributed by atoms with van der Waals surface area (Å²) < 4.78 is 25.2. The van der Waals surface area contributed by atoms with Crippen LogP contribution in [-0.4, -0.2) is 18.1 Å². The quantitative estimate of drug-likeness (QED) is 0.783. The number of aromatic hydroxyl groups is 1. The van der Waals surface area contributed by atoms with Crippen LogP contribution in [-0.2, 0) is 0 Å². The van der Waals surface area contributed by atoms with Gasteiger partial charge in [-0.3, -0.25) is 0 Å². The fourth-order valence-corrected chi connectivity index (χ4v) is 1.40. The summed E-state index contributed by atoms with van der Waals surface area (Å²) in [5.74, 6) is -1.06. The molecule has 0 saturated heterocycles. The third-order valence-electron chi connectivity index (χ3n) is 2.12. The molecule has 1 atom stereocenters. The van der Waals surface area contributed by atoms with Crippen molar-refractivity contribution in [3.8, 4) is 5.75 Å². The maximum Gasteiger partial charge on any atom is 0.245 e. The van der Waals surface area contributed by atoms with Gasteiger partial charge in [-0.1, -0.05) is 18.2 Å². The minimum Gasteiger partial charge on any atom is -0.508 e. The number of hydrogen-bond acceptors (Lipinski definition) is 2. The van der Waals surface area contributed by atoms with E-state index in [0.717, 1.165) is 0 Å². The lowest BCUT2D eigenvalue weighted by atomic mass is 9.95. The van der Waals surface area contributed by atoms with Crippen LogP contribution in [0.15, 0.2) is 24.3 Å². The first-order chi connectivity index (χ1) is 6.66. The molecule has 14 heavy (non-hydrogen) atoms. The Morgan fingerprint density at radius 2 is 1.93 bits per heavy atom. The molecule has 1 aromatic rings. The molecule has 4 heteroatoms. The maximum atomic E-state index is 12.6. The van der Waals surface area contributed by atoms with Gasteiger partial charge in [0, 0.05) is 11.5 Å². The van der Waals surface area contributed by atoms with Gasteiger partial charge in [0.25, 0.3) is 0 Å². The molecular formula is C10H13F2NO. The van der Waals surface area contributed by atoms with Crippen molar-refractivity contribution in [1.29, 1.82) is 0 Å². The summed E-state index contributed by atoms with van der Waals surface area (Å²) in [4.78, 5) is 0. The van der Waals surface area contributed by atoms with Crippen molar-refractivity contribution >= 4 is 0 Å². The smallest absolute Gasteiger partial charge is 0.245 e. The van der Waals surface area contributed by atoms with Crippen molar-refractivity contribution in [1.82, 2.24) is 0 Å². The van der Waals surface area contributed by atoms with Gasteiger partial charge < -0.3 is 10.8 Å². The largest absolute Gasteiger partial charge is 0.508 e. The highest BCUT2D eigenvalue weighted by Crippen LogP contribution is 2.32. The molecule has 0 amide bonds. The van der Waals surface area contributed by atoms with E-state index in [4.69, 9.17) is 5.73 Å². The average Bonchev–Trinajstić information content (AvgIpc) is 2.15. The van der Waals surface area contributed by atoms with E-state index in [-0.39, 0.29) is 24.3 Å². The summed E-state index contributed by atoms with van der Waals surface area (Å²) in [6, 6.07) is 6.13. The van der Waals surface area contributed by atoms with Gasteiger partial charge >= 0.3 is 0 Å². The second kappa shape index (κ2) is 4.91. The lowest BCUT2D eigenvalue weighted by Crippen LogP contribution is -2.14. The van der Waals surface area contributed by atoms with Crippen molar-refractivity contribution in [3.05, 3.63) is 29.8 Å². The first-order valence-electron chi connectivity index (χ1n) is 4.43. The Balaban J connectivity index is 2.93. The van der Waals surface area contributed by atoms with E-state index in [0.29, 0.717) is 0 Å². The van der Waals surface area contributed by atoms with Crippen molar-refractivity contribution in [2.75, 3.05) is 6.54 Å². The number of phenols is 1. The molecule has 0 bridgehead atoms. The molecule has 2 nitrogen and oxygen atoms in total. The van der Waals surface area contributed by atoms with Crippen LogP contribution in [0.3, 0.4) is 0 Å². The normalized spacial score (nSPS) is 13.1. The topological polar surface area (TPSA) is 46.2 Å². The predicted molar refractivity (Wildman–Crippen MR) is 50.5 cm³/mol. The number of phenolic OH excluding ortho intramolecular Hbond substituents is 1. The maximum absolute atomic E-state index is 12.6. The molecular weight excluding hydrogens is 188 g/mol. The van der Waals surface area contributed by atoms with Gasteiger partial charge in [-0.25, -0.2) is 8.78 Å². The Morgan fingerprint density at radius 3 is 2.43 bits per heavy atom. The van der Waals surface area contributed by atoms with Gasteiger partial charge in [-0.05, 0) is 19.0 Å². The van der Waals surface area contributed by atoms with Gasteiger partial charge in [0.1, 0.15) is 5.75 Å². The molecule has 1 rings (SSSR count). The van der Waals surface area contributed by atoms with E-state index in [1.807, 2.05) is 0 Å². The van der Waals surface area contributed by atoms with Crippen LogP contribution in [0.5, 0.6) is 5.75 Å². The summed E-state index contributed by atoms with van der Waals surface area (Å²) in [7, 11) is 0. The monoisotopic (exact) mass is 201 g/mol. The lowest BCUT2D eigenvalue weighted by molar-refractivity contribution is 0.109. The first-order valence-corrected chi connectivity index (χ1v) is 4.43. The van der Waals surface area contributed by atoms with Crippen LogP contribution in [0.2, 0.25) is 0 Å². The average molecular weight is 201 g/mol. The Morgan fingerprint density at radius 1 is 1.29 bits per heavy atom. The van der Waals surface area contributed by atoms with E-state index in [1.54, 1.807) is 12.1 Å². The molecule has 0 saturated carbocycles. The Hall–Kier alpha value is -1.16. The molecule has 1 aromatic carbocycles. The lowest BCUT2D eigenvalue weighted by Gasteiger charge is -2.16. The molecule has 3 N–H and O–H groups in total. The summed E-state index contributed by atoms with van der Waals surface area (Å²) in [6.45, 7) is 0.184. The molecule has 0 aromatic heterocycles. The van der Waals surface area contributed by atoms with Gasteiger partial charge in [-0.15, -0.1) is 0 Å². The van der Waals surface area contributed by atoms with E-state index in [2.05, 4.69) is 0 Å². The number of nitrogens with two attached hydrogens (primary N) is 1. The zero-order valence-corrected chi connectivity index (χ0v) is 7.66. The van der Waals surface area contributed by atoms with Crippen LogP contribution < -0.4 is 5.73 Å². The molecule has 0 heterocycles. The zero-order valence-electron chi connectivity index (χ0n) is 7.66. The molecule has 0 aliphatic heterocycles. The number of halogens is 2. The van der Waals surface area contributed by atoms with E-state index in [9.17, 15) is 13.9 Å². The van der Waals surface area contributed by atoms with Crippen molar-refractivity contribution < 1.29 is 13.9 Å². The Bertz CT molecular complexity index is 291. The SMILES string of the molecule is NCCC(c1ccccc1O)C(F)F. The second-order valence-corrected chi connectivity index (χ2v) is 3.08. The summed E-state index contributed by atoms with van der Waals surface area (Å²) >= 11 is 0. The number of para-hydroxylation sites is 1. The molecule has 0 aliphatic carbocycles. The highest BCUT2D eigenvalue weighted by Gasteiger charge is 2.23. The van der Waals surface area contributed by atoms with E-state index in [1.165, 1.54) is 12.1 Å². The fourth-order valence-electron chi connectivity index (χ4n) is 1.40. The summed E-state index contributed by atoms with van der Waals surface area (Å²) in [5, 5.41) is 9.38.